The second kappa shape index (κ2) is 8.72. The molecule has 0 saturated carbocycles. The number of nitrogen functional groups attached to an aromatic ring is 1. The Morgan fingerprint density at radius 1 is 1.26 bits per heavy atom. The van der Waals surface area contributed by atoms with Gasteiger partial charge < -0.3 is 15.5 Å². The van der Waals surface area contributed by atoms with Crippen LogP contribution >= 0.6 is 11.6 Å². The van der Waals surface area contributed by atoms with Crippen LogP contribution in [-0.4, -0.2) is 53.9 Å². The average molecular weight is 510 g/mol. The van der Waals surface area contributed by atoms with Gasteiger partial charge in [0.05, 0.1) is 6.26 Å². The molecule has 4 aromatic heterocycles. The normalized spacial score (nSPS) is 17.0. The minimum absolute atomic E-state index is 0.0176. The maximum atomic E-state index is 13.6. The minimum atomic E-state index is -4.59. The van der Waals surface area contributed by atoms with Gasteiger partial charge in [-0.05, 0) is 37.9 Å². The summed E-state index contributed by atoms with van der Waals surface area (Å²) in [6, 6.07) is 3.40. The predicted molar refractivity (Wildman–Crippen MR) is 123 cm³/mol. The number of alkyl halides is 3. The first-order chi connectivity index (χ1) is 16.7. The fraction of sp³-hybridized carbons (Fsp3) is 0.429. The quantitative estimate of drug-likeness (QED) is 0.405. The highest BCUT2D eigenvalue weighted by Crippen LogP contribution is 2.37. The summed E-state index contributed by atoms with van der Waals surface area (Å²) in [6.45, 7) is 0.662. The Bertz CT molecular complexity index is 1360. The third-order valence-corrected chi connectivity index (χ3v) is 6.69. The van der Waals surface area contributed by atoms with Gasteiger partial charge in [0.15, 0.2) is 17.1 Å². The number of nitrogens with zero attached hydrogens (tertiary/aromatic N) is 7. The highest BCUT2D eigenvalue weighted by molar-refractivity contribution is 6.30. The molecule has 1 unspecified atom stereocenters. The number of nitrogens with one attached hydrogen (secondary N) is 1. The minimum Gasteiger partial charge on any atom is -0.461 e. The van der Waals surface area contributed by atoms with E-state index < -0.39 is 11.9 Å². The van der Waals surface area contributed by atoms with Gasteiger partial charge in [-0.2, -0.15) is 27.8 Å². The SMILES string of the molecule is CNc1nc(N)n2nc(-c3ccco3)nc2c1CC1CCCN1Cc1c(C(F)(F)F)nn(C)c1Cl. The molecule has 35 heavy (non-hydrogen) atoms. The molecular weight excluding hydrogens is 487 g/mol. The molecule has 0 amide bonds. The van der Waals surface area contributed by atoms with Crippen molar-refractivity contribution in [2.45, 2.75) is 38.0 Å². The van der Waals surface area contributed by atoms with E-state index in [1.807, 2.05) is 4.90 Å². The molecule has 1 aliphatic rings. The molecule has 0 aliphatic carbocycles. The number of anilines is 2. The standard InChI is InChI=1S/C21H23ClF3N9O/c1-27-17-12(19-28-18(14-6-4-8-35-14)31-34(19)20(26)29-17)9-11-5-3-7-33(11)10-13-15(21(23,24)25)30-32(2)16(13)22/h4,6,8,11,27H,3,5,7,9-10H2,1-2H3,(H2,26,29). The molecule has 1 aliphatic heterocycles. The zero-order chi connectivity index (χ0) is 24.9. The van der Waals surface area contributed by atoms with Crippen LogP contribution < -0.4 is 11.1 Å². The zero-order valence-corrected chi connectivity index (χ0v) is 19.7. The van der Waals surface area contributed by atoms with Gasteiger partial charge in [0.25, 0.3) is 0 Å². The Morgan fingerprint density at radius 2 is 2.06 bits per heavy atom. The van der Waals surface area contributed by atoms with Crippen LogP contribution in [0.3, 0.4) is 0 Å². The highest BCUT2D eigenvalue weighted by Gasteiger charge is 2.40. The van der Waals surface area contributed by atoms with E-state index in [1.54, 1.807) is 19.2 Å². The Balaban J connectivity index is 1.50. The van der Waals surface area contributed by atoms with E-state index in [1.165, 1.54) is 17.8 Å². The van der Waals surface area contributed by atoms with E-state index in [0.717, 1.165) is 23.1 Å². The number of hydrogen-bond acceptors (Lipinski definition) is 8. The lowest BCUT2D eigenvalue weighted by Crippen LogP contribution is -2.32. The number of aryl methyl sites for hydroxylation is 1. The summed E-state index contributed by atoms with van der Waals surface area (Å²) in [6.07, 6.45) is -0.967. The van der Waals surface area contributed by atoms with Crippen LogP contribution in [0, 0.1) is 0 Å². The van der Waals surface area contributed by atoms with Crippen molar-refractivity contribution in [2.75, 3.05) is 24.6 Å². The fourth-order valence-corrected chi connectivity index (χ4v) is 4.78. The van der Waals surface area contributed by atoms with Crippen molar-refractivity contribution in [3.8, 4) is 11.6 Å². The second-order valence-corrected chi connectivity index (χ2v) is 8.76. The summed E-state index contributed by atoms with van der Waals surface area (Å²) in [5.41, 5.74) is 6.41. The Kier molecular flexibility index (Phi) is 5.83. The second-order valence-electron chi connectivity index (χ2n) is 8.41. The molecule has 4 aromatic rings. The summed E-state index contributed by atoms with van der Waals surface area (Å²) in [5.74, 6) is 1.53. The molecule has 1 atom stereocenters. The Hall–Kier alpha value is -3.32. The van der Waals surface area contributed by atoms with Gasteiger partial charge in [0, 0.05) is 37.8 Å². The van der Waals surface area contributed by atoms with Crippen molar-refractivity contribution in [1.29, 1.82) is 0 Å². The number of nitrogens with two attached hydrogens (primary N) is 1. The van der Waals surface area contributed by atoms with Gasteiger partial charge in [-0.1, -0.05) is 11.6 Å². The molecule has 0 bridgehead atoms. The lowest BCUT2D eigenvalue weighted by Gasteiger charge is -2.25. The number of likely N-dealkylation sites (tertiary alicyclic amines) is 1. The fourth-order valence-electron chi connectivity index (χ4n) is 4.60. The number of fused-ring (bicyclic) bond motifs is 1. The van der Waals surface area contributed by atoms with E-state index in [2.05, 4.69) is 25.5 Å². The molecule has 0 spiro atoms. The van der Waals surface area contributed by atoms with Crippen LogP contribution in [0.25, 0.3) is 17.2 Å². The monoisotopic (exact) mass is 509 g/mol. The summed E-state index contributed by atoms with van der Waals surface area (Å²) in [4.78, 5) is 11.1. The van der Waals surface area contributed by atoms with Crippen molar-refractivity contribution in [2.24, 2.45) is 7.05 Å². The van der Waals surface area contributed by atoms with Crippen LogP contribution in [-0.2, 0) is 26.2 Å². The lowest BCUT2D eigenvalue weighted by atomic mass is 10.0. The van der Waals surface area contributed by atoms with Crippen LogP contribution in [0.15, 0.2) is 22.8 Å². The van der Waals surface area contributed by atoms with Gasteiger partial charge in [-0.3, -0.25) is 9.58 Å². The number of aromatic nitrogens is 6. The smallest absolute Gasteiger partial charge is 0.435 e. The molecule has 1 saturated heterocycles. The molecule has 1 fully saturated rings. The van der Waals surface area contributed by atoms with E-state index in [0.29, 0.717) is 36.0 Å². The van der Waals surface area contributed by atoms with Crippen molar-refractivity contribution in [3.05, 3.63) is 40.4 Å². The van der Waals surface area contributed by atoms with E-state index in [-0.39, 0.29) is 29.3 Å². The topological polar surface area (TPSA) is 115 Å². The first kappa shape index (κ1) is 23.4. The molecule has 5 heterocycles. The van der Waals surface area contributed by atoms with Crippen molar-refractivity contribution in [3.63, 3.8) is 0 Å². The van der Waals surface area contributed by atoms with Crippen molar-refractivity contribution >= 4 is 29.0 Å². The first-order valence-electron chi connectivity index (χ1n) is 11.0. The van der Waals surface area contributed by atoms with Gasteiger partial charge in [0.2, 0.25) is 11.8 Å². The van der Waals surface area contributed by atoms with E-state index >= 15 is 0 Å². The molecule has 14 heteroatoms. The Morgan fingerprint density at radius 3 is 2.74 bits per heavy atom. The van der Waals surface area contributed by atoms with Crippen LogP contribution in [0.1, 0.15) is 29.7 Å². The number of halogens is 4. The number of hydrogen-bond donors (Lipinski definition) is 2. The highest BCUT2D eigenvalue weighted by atomic mass is 35.5. The number of furan rings is 1. The molecule has 0 radical (unpaired) electrons. The summed E-state index contributed by atoms with van der Waals surface area (Å²) < 4.78 is 48.7. The Labute approximate surface area is 202 Å². The van der Waals surface area contributed by atoms with E-state index in [4.69, 9.17) is 21.8 Å². The van der Waals surface area contributed by atoms with Gasteiger partial charge in [-0.15, -0.1) is 5.10 Å². The number of rotatable bonds is 6. The first-order valence-corrected chi connectivity index (χ1v) is 11.3. The van der Waals surface area contributed by atoms with Crippen LogP contribution in [0.2, 0.25) is 5.15 Å². The third kappa shape index (κ3) is 4.18. The molecular formula is C21H23ClF3N9O. The van der Waals surface area contributed by atoms with Gasteiger partial charge in [-0.25, -0.2) is 4.98 Å². The maximum Gasteiger partial charge on any atom is 0.435 e. The molecule has 10 nitrogen and oxygen atoms in total. The van der Waals surface area contributed by atoms with E-state index in [9.17, 15) is 13.2 Å². The van der Waals surface area contributed by atoms with Crippen molar-refractivity contribution in [1.82, 2.24) is 34.3 Å². The molecule has 3 N–H and O–H groups in total. The zero-order valence-electron chi connectivity index (χ0n) is 19.0. The summed E-state index contributed by atoms with van der Waals surface area (Å²) in [7, 11) is 3.13. The lowest BCUT2D eigenvalue weighted by molar-refractivity contribution is -0.142. The largest absolute Gasteiger partial charge is 0.461 e. The van der Waals surface area contributed by atoms with Crippen LogP contribution in [0.4, 0.5) is 24.9 Å². The molecule has 5 rings (SSSR count). The van der Waals surface area contributed by atoms with Crippen LogP contribution in [0.5, 0.6) is 0 Å². The molecule has 0 aromatic carbocycles. The summed E-state index contributed by atoms with van der Waals surface area (Å²) in [5, 5.41) is 11.1. The average Bonchev–Trinajstić information content (AvgIpc) is 3.59. The van der Waals surface area contributed by atoms with Gasteiger partial charge in [0.1, 0.15) is 11.0 Å². The maximum absolute atomic E-state index is 13.6. The summed E-state index contributed by atoms with van der Waals surface area (Å²) >= 11 is 6.21. The van der Waals surface area contributed by atoms with Crippen molar-refractivity contribution < 1.29 is 17.6 Å². The van der Waals surface area contributed by atoms with Gasteiger partial charge >= 0.3 is 6.18 Å². The predicted octanol–water partition coefficient (Wildman–Crippen LogP) is 3.62. The third-order valence-electron chi connectivity index (χ3n) is 6.22. The molecule has 186 valence electrons.